The molecular weight excluding hydrogens is 221 g/mol. The van der Waals surface area contributed by atoms with Crippen LogP contribution in [0.4, 0.5) is 4.39 Å². The third-order valence-corrected chi connectivity index (χ3v) is 3.35. The summed E-state index contributed by atoms with van der Waals surface area (Å²) in [5, 5.41) is 3.37. The summed E-state index contributed by atoms with van der Waals surface area (Å²) in [4.78, 5) is 0. The van der Waals surface area contributed by atoms with E-state index in [1.165, 1.54) is 0 Å². The van der Waals surface area contributed by atoms with Crippen LogP contribution in [0, 0.1) is 19.7 Å². The lowest BCUT2D eigenvalue weighted by Crippen LogP contribution is -2.17. The van der Waals surface area contributed by atoms with Gasteiger partial charge in [-0.3, -0.25) is 0 Å². The van der Waals surface area contributed by atoms with E-state index >= 15 is 0 Å². The molecule has 0 radical (unpaired) electrons. The molecule has 0 saturated carbocycles. The van der Waals surface area contributed by atoms with Crippen molar-refractivity contribution < 1.29 is 4.39 Å². The Bertz CT molecular complexity index is 316. The van der Waals surface area contributed by atoms with Crippen molar-refractivity contribution in [1.82, 2.24) is 5.32 Å². The molecule has 0 heterocycles. The lowest BCUT2D eigenvalue weighted by Gasteiger charge is -2.08. The van der Waals surface area contributed by atoms with E-state index in [-0.39, 0.29) is 5.82 Å². The predicted molar refractivity (Wildman–Crippen MR) is 70.6 cm³/mol. The van der Waals surface area contributed by atoms with Crippen LogP contribution in [0.3, 0.4) is 0 Å². The maximum atomic E-state index is 13.4. The number of benzene rings is 1. The van der Waals surface area contributed by atoms with Crippen molar-refractivity contribution in [3.8, 4) is 0 Å². The van der Waals surface area contributed by atoms with Gasteiger partial charge in [-0.15, -0.1) is 0 Å². The smallest absolute Gasteiger partial charge is 0.129 e. The standard InChI is InChI=1S/C13H20FNS/c1-4-16-6-5-15-9-12-7-10(2)13(14)11(3)8-12/h7-8,15H,4-6,9H2,1-3H3. The van der Waals surface area contributed by atoms with Crippen molar-refractivity contribution >= 4 is 11.8 Å². The molecule has 16 heavy (non-hydrogen) atoms. The Hall–Kier alpha value is -0.540. The summed E-state index contributed by atoms with van der Waals surface area (Å²) < 4.78 is 13.4. The molecule has 90 valence electrons. The fourth-order valence-corrected chi connectivity index (χ4v) is 2.24. The van der Waals surface area contributed by atoms with E-state index in [2.05, 4.69) is 12.2 Å². The molecule has 3 heteroatoms. The van der Waals surface area contributed by atoms with Crippen LogP contribution in [0.15, 0.2) is 12.1 Å². The molecule has 1 N–H and O–H groups in total. The highest BCUT2D eigenvalue weighted by molar-refractivity contribution is 7.99. The average Bonchev–Trinajstić information content (AvgIpc) is 2.25. The van der Waals surface area contributed by atoms with Crippen LogP contribution >= 0.6 is 11.8 Å². The second-order valence-electron chi connectivity index (χ2n) is 3.92. The number of nitrogens with one attached hydrogen (secondary N) is 1. The number of hydrogen-bond acceptors (Lipinski definition) is 2. The van der Waals surface area contributed by atoms with Gasteiger partial charge in [0.05, 0.1) is 0 Å². The zero-order valence-electron chi connectivity index (χ0n) is 10.3. The molecule has 0 bridgehead atoms. The highest BCUT2D eigenvalue weighted by Gasteiger charge is 2.03. The molecule has 0 spiro atoms. The minimum Gasteiger partial charge on any atom is -0.312 e. The van der Waals surface area contributed by atoms with Gasteiger partial charge < -0.3 is 5.32 Å². The van der Waals surface area contributed by atoms with Gasteiger partial charge in [-0.2, -0.15) is 11.8 Å². The highest BCUT2D eigenvalue weighted by Crippen LogP contribution is 2.14. The summed E-state index contributed by atoms with van der Waals surface area (Å²) in [5.41, 5.74) is 2.64. The minimum absolute atomic E-state index is 0.0784. The minimum atomic E-state index is -0.0784. The first-order chi connectivity index (χ1) is 7.65. The Morgan fingerprint density at radius 3 is 2.44 bits per heavy atom. The lowest BCUT2D eigenvalue weighted by molar-refractivity contribution is 0.607. The molecule has 0 fully saturated rings. The topological polar surface area (TPSA) is 12.0 Å². The normalized spacial score (nSPS) is 10.8. The molecular formula is C13H20FNS. The van der Waals surface area contributed by atoms with Crippen molar-refractivity contribution in [3.05, 3.63) is 34.6 Å². The molecule has 1 rings (SSSR count). The highest BCUT2D eigenvalue weighted by atomic mass is 32.2. The molecule has 0 aliphatic heterocycles. The number of rotatable bonds is 6. The Morgan fingerprint density at radius 1 is 1.25 bits per heavy atom. The van der Waals surface area contributed by atoms with Gasteiger partial charge in [0.1, 0.15) is 5.82 Å². The fourth-order valence-electron chi connectivity index (χ4n) is 1.66. The van der Waals surface area contributed by atoms with E-state index in [9.17, 15) is 4.39 Å². The van der Waals surface area contributed by atoms with E-state index < -0.39 is 0 Å². The van der Waals surface area contributed by atoms with E-state index in [0.717, 1.165) is 41.3 Å². The zero-order chi connectivity index (χ0) is 12.0. The third-order valence-electron chi connectivity index (χ3n) is 2.45. The van der Waals surface area contributed by atoms with Gasteiger partial charge >= 0.3 is 0 Å². The van der Waals surface area contributed by atoms with Gasteiger partial charge in [0.2, 0.25) is 0 Å². The van der Waals surface area contributed by atoms with Crippen molar-refractivity contribution in [2.24, 2.45) is 0 Å². The summed E-state index contributed by atoms with van der Waals surface area (Å²) in [6.07, 6.45) is 0. The van der Waals surface area contributed by atoms with Gasteiger partial charge in [-0.05, 0) is 36.3 Å². The number of hydrogen-bond donors (Lipinski definition) is 1. The molecule has 1 nitrogen and oxygen atoms in total. The predicted octanol–water partition coefficient (Wildman–Crippen LogP) is 3.29. The molecule has 1 aromatic rings. The average molecular weight is 241 g/mol. The van der Waals surface area contributed by atoms with Crippen LogP contribution in [-0.2, 0) is 6.54 Å². The first-order valence-electron chi connectivity index (χ1n) is 5.69. The van der Waals surface area contributed by atoms with Crippen LogP contribution in [0.2, 0.25) is 0 Å². The number of halogens is 1. The van der Waals surface area contributed by atoms with Gasteiger partial charge in [0.25, 0.3) is 0 Å². The molecule has 0 aliphatic carbocycles. The van der Waals surface area contributed by atoms with Gasteiger partial charge in [-0.1, -0.05) is 19.1 Å². The second kappa shape index (κ2) is 6.92. The molecule has 0 aliphatic rings. The monoisotopic (exact) mass is 241 g/mol. The molecule has 0 aromatic heterocycles. The Morgan fingerprint density at radius 2 is 1.88 bits per heavy atom. The first-order valence-corrected chi connectivity index (χ1v) is 6.84. The second-order valence-corrected chi connectivity index (χ2v) is 5.31. The van der Waals surface area contributed by atoms with Crippen LogP contribution < -0.4 is 5.32 Å². The van der Waals surface area contributed by atoms with Crippen LogP contribution in [0.25, 0.3) is 0 Å². The Kier molecular flexibility index (Phi) is 5.85. The van der Waals surface area contributed by atoms with Crippen LogP contribution in [0.5, 0.6) is 0 Å². The SMILES string of the molecule is CCSCCNCc1cc(C)c(F)c(C)c1. The van der Waals surface area contributed by atoms with Crippen molar-refractivity contribution in [2.75, 3.05) is 18.1 Å². The molecule has 0 unspecified atom stereocenters. The Balaban J connectivity index is 2.43. The van der Waals surface area contributed by atoms with E-state index in [1.54, 1.807) is 0 Å². The third kappa shape index (κ3) is 4.14. The van der Waals surface area contributed by atoms with E-state index in [4.69, 9.17) is 0 Å². The van der Waals surface area contributed by atoms with Gasteiger partial charge in [0.15, 0.2) is 0 Å². The summed E-state index contributed by atoms with van der Waals surface area (Å²) in [5.74, 6) is 2.22. The fraction of sp³-hybridized carbons (Fsp3) is 0.538. The number of thioether (sulfide) groups is 1. The maximum absolute atomic E-state index is 13.4. The lowest BCUT2D eigenvalue weighted by atomic mass is 10.1. The summed E-state index contributed by atoms with van der Waals surface area (Å²) >= 11 is 1.93. The first kappa shape index (κ1) is 13.5. The molecule has 0 amide bonds. The molecule has 1 aromatic carbocycles. The Labute approximate surface area is 102 Å². The van der Waals surface area contributed by atoms with E-state index in [1.807, 2.05) is 37.7 Å². The summed E-state index contributed by atoms with van der Waals surface area (Å²) in [6, 6.07) is 3.84. The summed E-state index contributed by atoms with van der Waals surface area (Å²) in [7, 11) is 0. The van der Waals surface area contributed by atoms with Gasteiger partial charge in [-0.25, -0.2) is 4.39 Å². The zero-order valence-corrected chi connectivity index (χ0v) is 11.1. The number of aryl methyl sites for hydroxylation is 2. The van der Waals surface area contributed by atoms with Crippen molar-refractivity contribution in [2.45, 2.75) is 27.3 Å². The van der Waals surface area contributed by atoms with Crippen LogP contribution in [0.1, 0.15) is 23.6 Å². The largest absolute Gasteiger partial charge is 0.312 e. The molecule has 0 atom stereocenters. The van der Waals surface area contributed by atoms with Crippen molar-refractivity contribution in [1.29, 1.82) is 0 Å². The quantitative estimate of drug-likeness (QED) is 0.767. The maximum Gasteiger partial charge on any atom is 0.129 e. The van der Waals surface area contributed by atoms with Gasteiger partial charge in [0, 0.05) is 18.8 Å². The summed E-state index contributed by atoms with van der Waals surface area (Å²) in [6.45, 7) is 7.63. The van der Waals surface area contributed by atoms with Crippen molar-refractivity contribution in [3.63, 3.8) is 0 Å². The van der Waals surface area contributed by atoms with Crippen LogP contribution in [-0.4, -0.2) is 18.1 Å². The molecule has 0 saturated heterocycles. The van der Waals surface area contributed by atoms with E-state index in [0.29, 0.717) is 0 Å².